The average molecular weight is 654 g/mol. The van der Waals surface area contributed by atoms with Gasteiger partial charge in [0.2, 0.25) is 5.91 Å². The van der Waals surface area contributed by atoms with E-state index in [9.17, 15) is 22.5 Å². The number of imidazole rings is 1. The van der Waals surface area contributed by atoms with E-state index in [1.54, 1.807) is 54.9 Å². The Labute approximate surface area is 270 Å². The third-order valence-corrected chi connectivity index (χ3v) is 8.58. The second kappa shape index (κ2) is 16.5. The zero-order chi connectivity index (χ0) is 33.1. The maximum atomic E-state index is 13.8. The summed E-state index contributed by atoms with van der Waals surface area (Å²) in [5.74, 6) is 0.335. The molecule has 11 heteroatoms. The number of unbranched alkanes of at least 4 members (excludes halogenated alkanes) is 1. The van der Waals surface area contributed by atoms with Crippen LogP contribution in [0.1, 0.15) is 49.2 Å². The van der Waals surface area contributed by atoms with Gasteiger partial charge in [0.15, 0.2) is 10.6 Å². The van der Waals surface area contributed by atoms with Crippen molar-refractivity contribution in [3.8, 4) is 16.9 Å². The molecule has 0 spiro atoms. The molecule has 1 unspecified atom stereocenters. The lowest BCUT2D eigenvalue weighted by atomic mass is 9.98. The van der Waals surface area contributed by atoms with Crippen LogP contribution in [-0.2, 0) is 39.2 Å². The predicted molar refractivity (Wildman–Crippen MR) is 175 cm³/mol. The summed E-state index contributed by atoms with van der Waals surface area (Å²) in [6.45, 7) is 8.24. The number of hydrogen-bond acceptors (Lipinski definition) is 5. The number of halogens is 3. The largest absolute Gasteiger partial charge is 0.611 e. The smallest absolute Gasteiger partial charge is 0.416 e. The van der Waals surface area contributed by atoms with Crippen molar-refractivity contribution < 1.29 is 32.0 Å². The van der Waals surface area contributed by atoms with Gasteiger partial charge in [-0.2, -0.15) is 13.2 Å². The van der Waals surface area contributed by atoms with Gasteiger partial charge in [0.05, 0.1) is 29.9 Å². The van der Waals surface area contributed by atoms with E-state index < -0.39 is 28.8 Å². The van der Waals surface area contributed by atoms with Gasteiger partial charge < -0.3 is 23.9 Å². The van der Waals surface area contributed by atoms with Crippen molar-refractivity contribution in [1.29, 1.82) is 0 Å². The Morgan fingerprint density at radius 3 is 2.39 bits per heavy atom. The molecule has 1 amide bonds. The fraction of sp³-hybridized carbons (Fsp3) is 0.314. The Morgan fingerprint density at radius 2 is 1.72 bits per heavy atom. The van der Waals surface area contributed by atoms with E-state index in [1.165, 1.54) is 12.1 Å². The highest BCUT2D eigenvalue weighted by Gasteiger charge is 2.32. The van der Waals surface area contributed by atoms with Crippen LogP contribution in [-0.4, -0.2) is 39.8 Å². The quantitative estimate of drug-likeness (QED) is 0.0797. The number of rotatable bonds is 15. The van der Waals surface area contributed by atoms with Gasteiger partial charge in [0, 0.05) is 24.9 Å². The highest BCUT2D eigenvalue weighted by atomic mass is 32.2. The number of anilines is 1. The second-order valence-corrected chi connectivity index (χ2v) is 12.0. The first-order valence-electron chi connectivity index (χ1n) is 15.1. The predicted octanol–water partition coefficient (Wildman–Crippen LogP) is 8.05. The van der Waals surface area contributed by atoms with Crippen LogP contribution < -0.4 is 10.1 Å². The first-order chi connectivity index (χ1) is 22.1. The minimum Gasteiger partial charge on any atom is -0.611 e. The molecule has 0 fully saturated rings. The van der Waals surface area contributed by atoms with Crippen LogP contribution in [0.25, 0.3) is 17.2 Å². The van der Waals surface area contributed by atoms with Crippen molar-refractivity contribution in [1.82, 2.24) is 9.55 Å². The molecule has 0 saturated carbocycles. The minimum atomic E-state index is -4.61. The lowest BCUT2D eigenvalue weighted by molar-refractivity contribution is -0.137. The third kappa shape index (κ3) is 9.72. The van der Waals surface area contributed by atoms with E-state index in [0.717, 1.165) is 49.0 Å². The number of carbonyl (C=O) groups is 1. The summed E-state index contributed by atoms with van der Waals surface area (Å²) in [6, 6.07) is 17.4. The molecule has 0 aliphatic heterocycles. The molecule has 0 saturated heterocycles. The van der Waals surface area contributed by atoms with Gasteiger partial charge in [-0.25, -0.2) is 4.98 Å². The van der Waals surface area contributed by atoms with E-state index >= 15 is 0 Å². The summed E-state index contributed by atoms with van der Waals surface area (Å²) in [7, 11) is 0. The molecular formula is C35H38F3N3O4S. The van der Waals surface area contributed by atoms with Crippen molar-refractivity contribution in [2.45, 2.75) is 57.0 Å². The monoisotopic (exact) mass is 653 g/mol. The Kier molecular flexibility index (Phi) is 12.5. The highest BCUT2D eigenvalue weighted by Crippen LogP contribution is 2.35. The second-order valence-electron chi connectivity index (χ2n) is 10.5. The standard InChI is InChI=1S/C35H38F3N3O4S/c1-4-6-19-44-20-21-45-30-13-7-26(8-14-30)27-9-17-32(35(36,37)38)28(22-27)10-18-34(42)40-29-11-15-31(16-12-29)46(43)23-33-25(3)39-24-41(33)5-2/h7-18,22,24H,4-6,19-21,23H2,1-3H3,(H,40,42)/b18-10+. The Morgan fingerprint density at radius 1 is 1.00 bits per heavy atom. The number of nitrogens with zero attached hydrogens (tertiary/aromatic N) is 2. The molecule has 244 valence electrons. The maximum Gasteiger partial charge on any atom is 0.416 e. The van der Waals surface area contributed by atoms with Crippen LogP contribution in [0.2, 0.25) is 0 Å². The summed E-state index contributed by atoms with van der Waals surface area (Å²) in [4.78, 5) is 17.5. The van der Waals surface area contributed by atoms with E-state index in [2.05, 4.69) is 17.2 Å². The SMILES string of the molecule is CCCCOCCOc1ccc(-c2ccc(C(F)(F)F)c(/C=C/C(=O)Nc3ccc([S+]([O-])Cc4c(C)ncn4CC)cc3)c2)cc1. The van der Waals surface area contributed by atoms with E-state index in [-0.39, 0.29) is 5.56 Å². The third-order valence-electron chi connectivity index (χ3n) is 7.25. The van der Waals surface area contributed by atoms with Crippen molar-refractivity contribution in [3.63, 3.8) is 0 Å². The van der Waals surface area contributed by atoms with Crippen molar-refractivity contribution in [3.05, 3.63) is 102 Å². The first kappa shape index (κ1) is 34.8. The molecule has 1 heterocycles. The number of hydrogen-bond donors (Lipinski definition) is 1. The topological polar surface area (TPSA) is 88.4 Å². The van der Waals surface area contributed by atoms with Crippen LogP contribution in [0.3, 0.4) is 0 Å². The number of benzene rings is 3. The number of aryl methyl sites for hydroxylation is 2. The average Bonchev–Trinajstić information content (AvgIpc) is 3.40. The van der Waals surface area contributed by atoms with E-state index in [0.29, 0.717) is 53.0 Å². The molecule has 4 rings (SSSR count). The summed E-state index contributed by atoms with van der Waals surface area (Å²) < 4.78 is 67.5. The Bertz CT molecular complexity index is 1600. The normalized spacial score (nSPS) is 12.4. The number of amides is 1. The van der Waals surface area contributed by atoms with Crippen LogP contribution >= 0.6 is 0 Å². The van der Waals surface area contributed by atoms with E-state index in [4.69, 9.17) is 9.47 Å². The number of aromatic nitrogens is 2. The van der Waals surface area contributed by atoms with Gasteiger partial charge in [0.25, 0.3) is 0 Å². The number of nitrogens with one attached hydrogen (secondary N) is 1. The van der Waals surface area contributed by atoms with E-state index in [1.807, 2.05) is 18.4 Å². The molecule has 1 aromatic heterocycles. The summed E-state index contributed by atoms with van der Waals surface area (Å²) in [5, 5.41) is 2.65. The van der Waals surface area contributed by atoms with Gasteiger partial charge in [-0.05, 0) is 103 Å². The van der Waals surface area contributed by atoms with Crippen LogP contribution in [0.4, 0.5) is 18.9 Å². The number of ether oxygens (including phenoxy) is 2. The molecule has 0 bridgehead atoms. The van der Waals surface area contributed by atoms with Crippen LogP contribution in [0, 0.1) is 6.92 Å². The zero-order valence-corrected chi connectivity index (χ0v) is 26.9. The van der Waals surface area contributed by atoms with Crippen molar-refractivity contribution >= 4 is 28.8 Å². The van der Waals surface area contributed by atoms with Crippen molar-refractivity contribution in [2.75, 3.05) is 25.1 Å². The molecule has 0 aliphatic carbocycles. The Balaban J connectivity index is 1.40. The van der Waals surface area contributed by atoms with Crippen LogP contribution in [0.5, 0.6) is 5.75 Å². The first-order valence-corrected chi connectivity index (χ1v) is 16.4. The molecule has 7 nitrogen and oxygen atoms in total. The van der Waals surface area contributed by atoms with Gasteiger partial charge in [0.1, 0.15) is 12.4 Å². The van der Waals surface area contributed by atoms with Crippen molar-refractivity contribution in [2.24, 2.45) is 0 Å². The highest BCUT2D eigenvalue weighted by molar-refractivity contribution is 7.90. The molecule has 1 atom stereocenters. The Hall–Kier alpha value is -4.06. The molecule has 0 radical (unpaired) electrons. The lowest BCUT2D eigenvalue weighted by Crippen LogP contribution is -2.11. The molecule has 46 heavy (non-hydrogen) atoms. The fourth-order valence-corrected chi connectivity index (χ4v) is 5.89. The summed E-state index contributed by atoms with van der Waals surface area (Å²) in [5.41, 5.74) is 2.41. The van der Waals surface area contributed by atoms with Gasteiger partial charge >= 0.3 is 6.18 Å². The zero-order valence-electron chi connectivity index (χ0n) is 26.1. The molecule has 0 aliphatic rings. The minimum absolute atomic E-state index is 0.142. The van der Waals surface area contributed by atoms with Gasteiger partial charge in [-0.1, -0.05) is 31.5 Å². The lowest BCUT2D eigenvalue weighted by Gasteiger charge is -2.13. The summed E-state index contributed by atoms with van der Waals surface area (Å²) >= 11 is -1.32. The van der Waals surface area contributed by atoms with Gasteiger partial charge in [-0.15, -0.1) is 0 Å². The summed E-state index contributed by atoms with van der Waals surface area (Å²) in [6.07, 6.45) is 1.39. The fourth-order valence-electron chi connectivity index (χ4n) is 4.66. The van der Waals surface area contributed by atoms with Crippen LogP contribution in [0.15, 0.2) is 84.0 Å². The molecular weight excluding hydrogens is 615 g/mol. The molecule has 4 aromatic rings. The molecule has 1 N–H and O–H groups in total. The number of carbonyl (C=O) groups excluding carboxylic acids is 1. The number of alkyl halides is 3. The van der Waals surface area contributed by atoms with Gasteiger partial charge in [-0.3, -0.25) is 4.79 Å². The maximum absolute atomic E-state index is 13.8. The molecule has 3 aromatic carbocycles.